The van der Waals surface area contributed by atoms with Crippen molar-refractivity contribution < 1.29 is 14.3 Å². The number of pyridine rings is 2. The molecule has 0 spiro atoms. The SMILES string of the molecule is C/C=N\C(=C(/C)Cl)c1cc(C)nc2c(OCc3c(Cl)cnc(OC)c3CNC(=O)C(C)C)cccc12. The fraction of sp³-hybridized carbons (Fsp3) is 0.333. The molecule has 0 aliphatic carbocycles. The summed E-state index contributed by atoms with van der Waals surface area (Å²) in [4.78, 5) is 25.7. The van der Waals surface area contributed by atoms with Crippen LogP contribution in [-0.4, -0.2) is 29.2 Å². The molecule has 0 saturated heterocycles. The number of para-hydroxylation sites is 1. The van der Waals surface area contributed by atoms with Gasteiger partial charge in [-0.05, 0) is 32.9 Å². The van der Waals surface area contributed by atoms with Crippen molar-refractivity contribution in [2.75, 3.05) is 7.11 Å². The molecule has 0 saturated carbocycles. The van der Waals surface area contributed by atoms with E-state index in [1.54, 1.807) is 6.21 Å². The minimum Gasteiger partial charge on any atom is -0.487 e. The lowest BCUT2D eigenvalue weighted by Gasteiger charge is -2.17. The van der Waals surface area contributed by atoms with E-state index in [2.05, 4.69) is 15.3 Å². The molecule has 0 radical (unpaired) electrons. The summed E-state index contributed by atoms with van der Waals surface area (Å²) in [6, 6.07) is 7.67. The minimum absolute atomic E-state index is 0.0849. The molecule has 1 aromatic carbocycles. The molecule has 1 N–H and O–H groups in total. The monoisotopic (exact) mass is 528 g/mol. The maximum atomic E-state index is 12.2. The molecule has 0 atom stereocenters. The fourth-order valence-electron chi connectivity index (χ4n) is 3.72. The van der Waals surface area contributed by atoms with Gasteiger partial charge in [0.05, 0.1) is 17.8 Å². The van der Waals surface area contributed by atoms with Crippen LogP contribution in [-0.2, 0) is 17.9 Å². The lowest BCUT2D eigenvalue weighted by Crippen LogP contribution is -2.28. The molecule has 2 aromatic heterocycles. The number of hydrogen-bond donors (Lipinski definition) is 1. The Morgan fingerprint density at radius 1 is 1.28 bits per heavy atom. The van der Waals surface area contributed by atoms with Crippen LogP contribution in [0.2, 0.25) is 5.02 Å². The Balaban J connectivity index is 2.03. The van der Waals surface area contributed by atoms with Crippen LogP contribution in [0.3, 0.4) is 0 Å². The summed E-state index contributed by atoms with van der Waals surface area (Å²) in [7, 11) is 1.52. The van der Waals surface area contributed by atoms with Gasteiger partial charge in [0.25, 0.3) is 0 Å². The Morgan fingerprint density at radius 2 is 2.03 bits per heavy atom. The summed E-state index contributed by atoms with van der Waals surface area (Å²) in [5.41, 5.74) is 4.36. The minimum atomic E-state index is -0.158. The number of aryl methyl sites for hydroxylation is 1. The molecule has 0 fully saturated rings. The first kappa shape index (κ1) is 27.4. The predicted octanol–water partition coefficient (Wildman–Crippen LogP) is 6.47. The summed E-state index contributed by atoms with van der Waals surface area (Å²) in [6.07, 6.45) is 3.22. The van der Waals surface area contributed by atoms with Gasteiger partial charge in [0.1, 0.15) is 17.9 Å². The van der Waals surface area contributed by atoms with Crippen molar-refractivity contribution in [1.82, 2.24) is 15.3 Å². The van der Waals surface area contributed by atoms with Gasteiger partial charge in [-0.1, -0.05) is 49.2 Å². The first-order valence-corrected chi connectivity index (χ1v) is 12.3. The van der Waals surface area contributed by atoms with Crippen molar-refractivity contribution >= 4 is 51.9 Å². The number of allylic oxidation sites excluding steroid dienone is 1. The Bertz CT molecular complexity index is 1330. The summed E-state index contributed by atoms with van der Waals surface area (Å²) < 4.78 is 11.7. The molecule has 3 rings (SSSR count). The van der Waals surface area contributed by atoms with E-state index in [0.717, 1.165) is 16.6 Å². The van der Waals surface area contributed by atoms with Crippen LogP contribution >= 0.6 is 23.2 Å². The summed E-state index contributed by atoms with van der Waals surface area (Å²) in [5, 5.41) is 4.76. The normalized spacial score (nSPS) is 12.2. The number of nitrogens with one attached hydrogen (secondary N) is 1. The third-order valence-electron chi connectivity index (χ3n) is 5.51. The molecule has 190 valence electrons. The van der Waals surface area contributed by atoms with Crippen LogP contribution in [0.1, 0.15) is 50.1 Å². The van der Waals surface area contributed by atoms with E-state index in [4.69, 9.17) is 37.7 Å². The predicted molar refractivity (Wildman–Crippen MR) is 146 cm³/mol. The van der Waals surface area contributed by atoms with E-state index in [0.29, 0.717) is 44.0 Å². The van der Waals surface area contributed by atoms with Crippen LogP contribution in [0.15, 0.2) is 40.5 Å². The van der Waals surface area contributed by atoms with Crippen LogP contribution in [0.25, 0.3) is 16.6 Å². The van der Waals surface area contributed by atoms with Gasteiger partial charge >= 0.3 is 0 Å². The van der Waals surface area contributed by atoms with Gasteiger partial charge in [0, 0.05) is 57.7 Å². The van der Waals surface area contributed by atoms with Crippen LogP contribution in [0.4, 0.5) is 0 Å². The van der Waals surface area contributed by atoms with Gasteiger partial charge in [-0.3, -0.25) is 9.79 Å². The highest BCUT2D eigenvalue weighted by molar-refractivity contribution is 6.32. The number of carbonyl (C=O) groups excluding carboxylic acids is 1. The van der Waals surface area contributed by atoms with Gasteiger partial charge in [-0.2, -0.15) is 0 Å². The first-order valence-electron chi connectivity index (χ1n) is 11.5. The second-order valence-electron chi connectivity index (χ2n) is 8.47. The largest absolute Gasteiger partial charge is 0.487 e. The number of rotatable bonds is 9. The number of aromatic nitrogens is 2. The number of benzene rings is 1. The standard InChI is InChI=1S/C27H30Cl2N4O3/c1-7-30-24(17(5)28)19-11-16(4)33-25-18(19)9-8-10-23(25)36-14-21-20(12-31-26(34)15(2)3)27(35-6)32-13-22(21)29/h7-11,13,15H,12,14H2,1-6H3,(H,31,34)/b24-17+,30-7-. The Labute approximate surface area is 221 Å². The van der Waals surface area contributed by atoms with E-state index >= 15 is 0 Å². The highest BCUT2D eigenvalue weighted by atomic mass is 35.5. The summed E-state index contributed by atoms with van der Waals surface area (Å²) in [6.45, 7) is 9.56. The molecular formula is C27H30Cl2N4O3. The highest BCUT2D eigenvalue weighted by Crippen LogP contribution is 2.35. The fourth-order valence-corrected chi connectivity index (χ4v) is 4.09. The Kier molecular flexibility index (Phi) is 9.29. The van der Waals surface area contributed by atoms with Gasteiger partial charge in [0.2, 0.25) is 11.8 Å². The third kappa shape index (κ3) is 6.15. The molecule has 0 unspecified atom stereocenters. The van der Waals surface area contributed by atoms with Crippen molar-refractivity contribution in [2.45, 2.75) is 47.8 Å². The van der Waals surface area contributed by atoms with Gasteiger partial charge in [-0.15, -0.1) is 0 Å². The second-order valence-corrected chi connectivity index (χ2v) is 9.44. The number of ether oxygens (including phenoxy) is 2. The van der Waals surface area contributed by atoms with Crippen molar-refractivity contribution in [1.29, 1.82) is 0 Å². The summed E-state index contributed by atoms with van der Waals surface area (Å²) in [5.74, 6) is 0.711. The summed E-state index contributed by atoms with van der Waals surface area (Å²) >= 11 is 12.9. The number of aliphatic imine (C=N–C) groups is 1. The molecule has 1 amide bonds. The Hall–Kier alpha value is -3.16. The molecule has 36 heavy (non-hydrogen) atoms. The van der Waals surface area contributed by atoms with Gasteiger partial charge < -0.3 is 14.8 Å². The molecule has 0 bridgehead atoms. The number of fused-ring (bicyclic) bond motifs is 1. The van der Waals surface area contributed by atoms with Crippen LogP contribution in [0, 0.1) is 12.8 Å². The molecule has 2 heterocycles. The molecule has 0 aliphatic heterocycles. The molecule has 9 heteroatoms. The van der Waals surface area contributed by atoms with Gasteiger partial charge in [-0.25, -0.2) is 9.97 Å². The number of carbonyl (C=O) groups is 1. The highest BCUT2D eigenvalue weighted by Gasteiger charge is 2.19. The van der Waals surface area contributed by atoms with E-state index in [9.17, 15) is 4.79 Å². The zero-order valence-electron chi connectivity index (χ0n) is 21.3. The zero-order valence-corrected chi connectivity index (χ0v) is 22.8. The second kappa shape index (κ2) is 12.2. The number of halogens is 2. The van der Waals surface area contributed by atoms with E-state index < -0.39 is 0 Å². The molecular weight excluding hydrogens is 499 g/mol. The smallest absolute Gasteiger partial charge is 0.222 e. The van der Waals surface area contributed by atoms with Crippen molar-refractivity contribution in [2.24, 2.45) is 10.9 Å². The maximum absolute atomic E-state index is 12.2. The van der Waals surface area contributed by atoms with E-state index in [-0.39, 0.29) is 25.0 Å². The molecule has 3 aromatic rings. The Morgan fingerprint density at radius 3 is 2.67 bits per heavy atom. The number of hydrogen-bond acceptors (Lipinski definition) is 6. The van der Waals surface area contributed by atoms with Gasteiger partial charge in [0.15, 0.2) is 0 Å². The lowest BCUT2D eigenvalue weighted by atomic mass is 10.0. The first-order chi connectivity index (χ1) is 17.2. The van der Waals surface area contributed by atoms with Crippen LogP contribution in [0.5, 0.6) is 11.6 Å². The van der Waals surface area contributed by atoms with Crippen molar-refractivity contribution in [3.05, 3.63) is 62.9 Å². The number of amides is 1. The average molecular weight is 529 g/mol. The number of nitrogens with zero attached hydrogens (tertiary/aromatic N) is 3. The maximum Gasteiger partial charge on any atom is 0.222 e. The topological polar surface area (TPSA) is 85.7 Å². The van der Waals surface area contributed by atoms with Crippen molar-refractivity contribution in [3.8, 4) is 11.6 Å². The van der Waals surface area contributed by atoms with Crippen molar-refractivity contribution in [3.63, 3.8) is 0 Å². The zero-order chi connectivity index (χ0) is 26.4. The third-order valence-corrected chi connectivity index (χ3v) is 6.01. The number of methoxy groups -OCH3 is 1. The molecule has 7 nitrogen and oxygen atoms in total. The van der Waals surface area contributed by atoms with E-state index in [1.165, 1.54) is 13.3 Å². The quantitative estimate of drug-likeness (QED) is 0.321. The van der Waals surface area contributed by atoms with E-state index in [1.807, 2.05) is 58.9 Å². The van der Waals surface area contributed by atoms with Crippen LogP contribution < -0.4 is 14.8 Å². The molecule has 0 aliphatic rings. The lowest BCUT2D eigenvalue weighted by molar-refractivity contribution is -0.124. The average Bonchev–Trinajstić information content (AvgIpc) is 2.84.